The van der Waals surface area contributed by atoms with Gasteiger partial charge in [-0.25, -0.2) is 15.0 Å². The summed E-state index contributed by atoms with van der Waals surface area (Å²) < 4.78 is 8.47. The van der Waals surface area contributed by atoms with Crippen molar-refractivity contribution in [2.75, 3.05) is 17.6 Å². The summed E-state index contributed by atoms with van der Waals surface area (Å²) in [6.45, 7) is 1.04. The fraction of sp³-hybridized carbons (Fsp3) is 0.400. The van der Waals surface area contributed by atoms with E-state index in [0.717, 1.165) is 60.5 Å². The van der Waals surface area contributed by atoms with Gasteiger partial charge in [-0.15, -0.1) is 0 Å². The van der Waals surface area contributed by atoms with E-state index in [-0.39, 0.29) is 12.3 Å². The van der Waals surface area contributed by atoms with Gasteiger partial charge in [0, 0.05) is 18.1 Å². The van der Waals surface area contributed by atoms with Gasteiger partial charge in [-0.1, -0.05) is 12.1 Å². The summed E-state index contributed by atoms with van der Waals surface area (Å²) in [6, 6.07) is 12.8. The van der Waals surface area contributed by atoms with E-state index in [0.29, 0.717) is 5.82 Å². The van der Waals surface area contributed by atoms with E-state index in [1.807, 2.05) is 12.3 Å². The Bertz CT molecular complexity index is 1260. The third kappa shape index (κ3) is 3.88. The number of rotatable bonds is 7. The number of benzene rings is 1. The van der Waals surface area contributed by atoms with Gasteiger partial charge in [0.05, 0.1) is 17.0 Å². The largest absolute Gasteiger partial charge is 0.383 e. The minimum Gasteiger partial charge on any atom is -0.383 e. The Morgan fingerprint density at radius 3 is 2.88 bits per heavy atom. The molecule has 1 saturated heterocycles. The number of hydrogen-bond acceptors (Lipinski definition) is 6. The van der Waals surface area contributed by atoms with Crippen LogP contribution in [0.25, 0.3) is 21.9 Å². The highest BCUT2D eigenvalue weighted by molar-refractivity contribution is 5.86. The molecule has 32 heavy (non-hydrogen) atoms. The maximum atomic E-state index is 6.38. The van der Waals surface area contributed by atoms with Gasteiger partial charge in [-0.2, -0.15) is 0 Å². The van der Waals surface area contributed by atoms with Gasteiger partial charge in [0.25, 0.3) is 0 Å². The SMILES string of the molecule is Nc1ncnc2c1ccn2[C@H]1CC[C@@H](CCc2ccc3ccc(NCC4CC4)nc3c2)O1. The van der Waals surface area contributed by atoms with Crippen molar-refractivity contribution in [2.45, 2.75) is 50.9 Å². The molecule has 1 saturated carbocycles. The molecule has 1 aliphatic carbocycles. The number of anilines is 2. The summed E-state index contributed by atoms with van der Waals surface area (Å²) in [6.07, 6.45) is 10.5. The molecule has 164 valence electrons. The smallest absolute Gasteiger partial charge is 0.147 e. The molecule has 4 heterocycles. The van der Waals surface area contributed by atoms with E-state index in [1.165, 1.54) is 30.1 Å². The fourth-order valence-corrected chi connectivity index (χ4v) is 4.64. The number of nitrogens with two attached hydrogens (primary N) is 1. The molecule has 6 rings (SSSR count). The second-order valence-corrected chi connectivity index (χ2v) is 9.10. The monoisotopic (exact) mass is 428 g/mol. The lowest BCUT2D eigenvalue weighted by Gasteiger charge is -2.16. The van der Waals surface area contributed by atoms with Crippen LogP contribution in [-0.2, 0) is 11.2 Å². The highest BCUT2D eigenvalue weighted by Gasteiger charge is 2.27. The van der Waals surface area contributed by atoms with Crippen LogP contribution in [0.2, 0.25) is 0 Å². The number of nitrogens with zero attached hydrogens (tertiary/aromatic N) is 4. The van der Waals surface area contributed by atoms with Gasteiger partial charge in [0.15, 0.2) is 0 Å². The fourth-order valence-electron chi connectivity index (χ4n) is 4.64. The summed E-state index contributed by atoms with van der Waals surface area (Å²) in [5.41, 5.74) is 9.19. The van der Waals surface area contributed by atoms with E-state index < -0.39 is 0 Å². The predicted octanol–water partition coefficient (Wildman–Crippen LogP) is 4.69. The minimum atomic E-state index is 0.00479. The third-order valence-corrected chi connectivity index (χ3v) is 6.72. The number of aryl methyl sites for hydroxylation is 1. The molecule has 2 aliphatic rings. The van der Waals surface area contributed by atoms with Crippen LogP contribution < -0.4 is 11.1 Å². The average molecular weight is 429 g/mol. The maximum Gasteiger partial charge on any atom is 0.147 e. The quantitative estimate of drug-likeness (QED) is 0.444. The Morgan fingerprint density at radius 2 is 1.97 bits per heavy atom. The molecule has 0 bridgehead atoms. The van der Waals surface area contributed by atoms with Crippen molar-refractivity contribution in [3.05, 3.63) is 54.5 Å². The van der Waals surface area contributed by atoms with Crippen molar-refractivity contribution in [1.82, 2.24) is 19.5 Å². The Kier molecular flexibility index (Phi) is 4.91. The summed E-state index contributed by atoms with van der Waals surface area (Å²) >= 11 is 0. The third-order valence-electron chi connectivity index (χ3n) is 6.72. The van der Waals surface area contributed by atoms with Crippen molar-refractivity contribution in [3.8, 4) is 0 Å². The first kappa shape index (κ1) is 19.5. The molecule has 7 nitrogen and oxygen atoms in total. The van der Waals surface area contributed by atoms with E-state index in [2.05, 4.69) is 50.2 Å². The lowest BCUT2D eigenvalue weighted by atomic mass is 10.0. The van der Waals surface area contributed by atoms with E-state index in [4.69, 9.17) is 15.5 Å². The lowest BCUT2D eigenvalue weighted by Crippen LogP contribution is -2.12. The summed E-state index contributed by atoms with van der Waals surface area (Å²) in [4.78, 5) is 13.3. The summed E-state index contributed by atoms with van der Waals surface area (Å²) in [5.74, 6) is 2.33. The first-order valence-corrected chi connectivity index (χ1v) is 11.6. The second kappa shape index (κ2) is 8.06. The van der Waals surface area contributed by atoms with E-state index in [9.17, 15) is 0 Å². The molecule has 3 N–H and O–H groups in total. The minimum absolute atomic E-state index is 0.00479. The molecule has 0 amide bonds. The molecule has 0 unspecified atom stereocenters. The van der Waals surface area contributed by atoms with Crippen LogP contribution in [0, 0.1) is 5.92 Å². The summed E-state index contributed by atoms with van der Waals surface area (Å²) in [5, 5.41) is 5.55. The molecule has 0 radical (unpaired) electrons. The maximum absolute atomic E-state index is 6.38. The molecule has 0 spiro atoms. The number of pyridine rings is 1. The summed E-state index contributed by atoms with van der Waals surface area (Å²) in [7, 11) is 0. The molecular formula is C25H28N6O. The predicted molar refractivity (Wildman–Crippen MR) is 126 cm³/mol. The Morgan fingerprint density at radius 1 is 1.06 bits per heavy atom. The standard InChI is InChI=1S/C25H28N6O/c26-24-20-11-12-31(25(20)29-15-28-24)23-10-8-19(32-23)7-4-16-3-5-18-6-9-22(30-21(18)13-16)27-14-17-1-2-17/h3,5-6,9,11-13,15,17,19,23H,1-2,4,7-8,10,14H2,(H,27,30)(H2,26,28,29)/t19-,23-/m1/s1. The molecule has 1 aromatic carbocycles. The zero-order valence-corrected chi connectivity index (χ0v) is 18.1. The highest BCUT2D eigenvalue weighted by Crippen LogP contribution is 2.34. The number of nitrogen functional groups attached to an aromatic ring is 1. The Hall–Kier alpha value is -3.19. The van der Waals surface area contributed by atoms with Crippen LogP contribution in [0.3, 0.4) is 0 Å². The van der Waals surface area contributed by atoms with Crippen LogP contribution in [0.4, 0.5) is 11.6 Å². The second-order valence-electron chi connectivity index (χ2n) is 9.10. The number of fused-ring (bicyclic) bond motifs is 2. The molecule has 2 atom stereocenters. The number of aromatic nitrogens is 4. The molecular weight excluding hydrogens is 400 g/mol. The van der Waals surface area contributed by atoms with Crippen LogP contribution in [0.15, 0.2) is 48.9 Å². The Balaban J connectivity index is 1.10. The van der Waals surface area contributed by atoms with Crippen molar-refractivity contribution in [2.24, 2.45) is 5.92 Å². The number of ether oxygens (including phenoxy) is 1. The van der Waals surface area contributed by atoms with Crippen molar-refractivity contribution < 1.29 is 4.74 Å². The van der Waals surface area contributed by atoms with Crippen molar-refractivity contribution in [1.29, 1.82) is 0 Å². The molecule has 4 aromatic rings. The van der Waals surface area contributed by atoms with Gasteiger partial charge >= 0.3 is 0 Å². The van der Waals surface area contributed by atoms with Gasteiger partial charge in [0.2, 0.25) is 0 Å². The van der Waals surface area contributed by atoms with Gasteiger partial charge in [-0.3, -0.25) is 0 Å². The number of hydrogen-bond donors (Lipinski definition) is 2. The first-order chi connectivity index (χ1) is 15.7. The van der Waals surface area contributed by atoms with Crippen molar-refractivity contribution >= 4 is 33.6 Å². The molecule has 2 fully saturated rings. The van der Waals surface area contributed by atoms with Crippen molar-refractivity contribution in [3.63, 3.8) is 0 Å². The van der Waals surface area contributed by atoms with Crippen LogP contribution in [0.5, 0.6) is 0 Å². The van der Waals surface area contributed by atoms with E-state index in [1.54, 1.807) is 0 Å². The van der Waals surface area contributed by atoms with Crippen LogP contribution in [-0.4, -0.2) is 32.2 Å². The topological polar surface area (TPSA) is 90.9 Å². The average Bonchev–Trinajstić information content (AvgIpc) is 3.34. The van der Waals surface area contributed by atoms with Gasteiger partial charge in [0.1, 0.15) is 29.8 Å². The van der Waals surface area contributed by atoms with E-state index >= 15 is 0 Å². The zero-order chi connectivity index (χ0) is 21.5. The first-order valence-electron chi connectivity index (χ1n) is 11.6. The zero-order valence-electron chi connectivity index (χ0n) is 18.1. The lowest BCUT2D eigenvalue weighted by molar-refractivity contribution is 0.00120. The highest BCUT2D eigenvalue weighted by atomic mass is 16.5. The Labute approximate surface area is 187 Å². The van der Waals surface area contributed by atoms with Gasteiger partial charge in [-0.05, 0) is 74.3 Å². The number of nitrogens with one attached hydrogen (secondary N) is 1. The van der Waals surface area contributed by atoms with Crippen LogP contribution in [0.1, 0.15) is 43.9 Å². The molecule has 1 aliphatic heterocycles. The molecule has 3 aromatic heterocycles. The molecule has 7 heteroatoms. The van der Waals surface area contributed by atoms with Gasteiger partial charge < -0.3 is 20.4 Å². The normalized spacial score (nSPS) is 20.9. The van der Waals surface area contributed by atoms with Crippen LogP contribution >= 0.6 is 0 Å².